The van der Waals surface area contributed by atoms with Crippen LogP contribution >= 0.6 is 11.3 Å². The zero-order valence-corrected chi connectivity index (χ0v) is 17.7. The summed E-state index contributed by atoms with van der Waals surface area (Å²) in [5, 5.41) is 0.665. The van der Waals surface area contributed by atoms with Crippen LogP contribution in [0.15, 0.2) is 66.7 Å². The summed E-state index contributed by atoms with van der Waals surface area (Å²) in [7, 11) is 1.64. The Bertz CT molecular complexity index is 1240. The third-order valence-corrected chi connectivity index (χ3v) is 6.13. The Morgan fingerprint density at radius 2 is 1.87 bits per heavy atom. The monoisotopic (exact) mass is 432 g/mol. The molecule has 1 aliphatic rings. The van der Waals surface area contributed by atoms with Gasteiger partial charge in [0.2, 0.25) is 12.7 Å². The van der Waals surface area contributed by atoms with E-state index in [0.717, 1.165) is 27.1 Å². The summed E-state index contributed by atoms with van der Waals surface area (Å²) in [6.07, 6.45) is 0.239. The number of amides is 1. The van der Waals surface area contributed by atoms with Crippen LogP contribution in [-0.2, 0) is 17.8 Å². The maximum Gasteiger partial charge on any atom is 0.233 e. The molecule has 0 spiro atoms. The molecule has 0 unspecified atom stereocenters. The number of hydrogen-bond acceptors (Lipinski definition) is 6. The van der Waals surface area contributed by atoms with Gasteiger partial charge in [-0.1, -0.05) is 47.7 Å². The lowest BCUT2D eigenvalue weighted by atomic mass is 10.1. The van der Waals surface area contributed by atoms with E-state index >= 15 is 0 Å². The second-order valence-electron chi connectivity index (χ2n) is 7.16. The van der Waals surface area contributed by atoms with E-state index in [1.807, 2.05) is 66.7 Å². The number of carbonyl (C=O) groups excluding carboxylic acids is 1. The van der Waals surface area contributed by atoms with E-state index in [1.54, 1.807) is 12.0 Å². The number of rotatable bonds is 6. The van der Waals surface area contributed by atoms with Gasteiger partial charge in [-0.3, -0.25) is 9.69 Å². The fourth-order valence-electron chi connectivity index (χ4n) is 3.48. The van der Waals surface area contributed by atoms with Gasteiger partial charge >= 0.3 is 0 Å². The summed E-state index contributed by atoms with van der Waals surface area (Å²) >= 11 is 1.48. The quantitative estimate of drug-likeness (QED) is 0.438. The molecular weight excluding hydrogens is 412 g/mol. The number of methoxy groups -OCH3 is 1. The first-order chi connectivity index (χ1) is 15.2. The Morgan fingerprint density at radius 3 is 2.71 bits per heavy atom. The van der Waals surface area contributed by atoms with Crippen molar-refractivity contribution in [3.63, 3.8) is 0 Å². The minimum atomic E-state index is -0.0336. The molecule has 0 saturated carbocycles. The Labute approximate surface area is 183 Å². The van der Waals surface area contributed by atoms with Crippen LogP contribution in [-0.4, -0.2) is 24.8 Å². The predicted molar refractivity (Wildman–Crippen MR) is 120 cm³/mol. The van der Waals surface area contributed by atoms with Crippen molar-refractivity contribution in [3.05, 3.63) is 77.9 Å². The molecule has 4 aromatic rings. The molecule has 0 bridgehead atoms. The van der Waals surface area contributed by atoms with E-state index in [2.05, 4.69) is 0 Å². The average molecular weight is 433 g/mol. The number of aromatic nitrogens is 1. The molecule has 3 aromatic carbocycles. The summed E-state index contributed by atoms with van der Waals surface area (Å²) in [4.78, 5) is 19.9. The van der Waals surface area contributed by atoms with E-state index in [9.17, 15) is 4.79 Å². The smallest absolute Gasteiger partial charge is 0.233 e. The minimum Gasteiger partial charge on any atom is -0.497 e. The van der Waals surface area contributed by atoms with Gasteiger partial charge in [0.1, 0.15) is 5.75 Å². The molecular formula is C24H20N2O4S. The summed E-state index contributed by atoms with van der Waals surface area (Å²) in [5.74, 6) is 2.11. The zero-order chi connectivity index (χ0) is 21.2. The van der Waals surface area contributed by atoms with Crippen LogP contribution in [0, 0.1) is 0 Å². The van der Waals surface area contributed by atoms with Gasteiger partial charge in [0, 0.05) is 0 Å². The highest BCUT2D eigenvalue weighted by atomic mass is 32.1. The SMILES string of the molecule is COc1ccc2nc(N(Cc3ccccc3)C(=O)Cc3ccc4c(c3)OCO4)sc2c1. The lowest BCUT2D eigenvalue weighted by Gasteiger charge is -2.20. The van der Waals surface area contributed by atoms with Gasteiger partial charge in [-0.25, -0.2) is 4.98 Å². The predicted octanol–water partition coefficient (Wildman–Crippen LogP) is 4.81. The summed E-state index contributed by atoms with van der Waals surface area (Å²) in [6.45, 7) is 0.656. The van der Waals surface area contributed by atoms with E-state index < -0.39 is 0 Å². The first-order valence-electron chi connectivity index (χ1n) is 9.87. The third kappa shape index (κ3) is 4.04. The molecule has 1 aromatic heterocycles. The molecule has 6 nitrogen and oxygen atoms in total. The molecule has 0 radical (unpaired) electrons. The Balaban J connectivity index is 1.47. The number of nitrogens with zero attached hydrogens (tertiary/aromatic N) is 2. The maximum absolute atomic E-state index is 13.4. The van der Waals surface area contributed by atoms with E-state index in [1.165, 1.54) is 11.3 Å². The van der Waals surface area contributed by atoms with Crippen LogP contribution in [0.2, 0.25) is 0 Å². The van der Waals surface area contributed by atoms with Crippen molar-refractivity contribution in [2.75, 3.05) is 18.8 Å². The normalized spacial score (nSPS) is 12.2. The van der Waals surface area contributed by atoms with Gasteiger partial charge in [-0.05, 0) is 41.5 Å². The third-order valence-electron chi connectivity index (χ3n) is 5.09. The molecule has 2 heterocycles. The van der Waals surface area contributed by atoms with E-state index in [4.69, 9.17) is 19.2 Å². The maximum atomic E-state index is 13.4. The molecule has 156 valence electrons. The van der Waals surface area contributed by atoms with Gasteiger partial charge in [-0.2, -0.15) is 0 Å². The largest absolute Gasteiger partial charge is 0.497 e. The van der Waals surface area contributed by atoms with Crippen molar-refractivity contribution in [2.45, 2.75) is 13.0 Å². The Hall–Kier alpha value is -3.58. The topological polar surface area (TPSA) is 60.9 Å². The Kier molecular flexibility index (Phi) is 5.18. The molecule has 0 aliphatic carbocycles. The van der Waals surface area contributed by atoms with Gasteiger partial charge in [0.05, 0.1) is 30.3 Å². The van der Waals surface area contributed by atoms with Crippen LogP contribution in [0.4, 0.5) is 5.13 Å². The molecule has 5 rings (SSSR count). The number of anilines is 1. The molecule has 1 amide bonds. The molecule has 0 saturated heterocycles. The lowest BCUT2D eigenvalue weighted by molar-refractivity contribution is -0.118. The summed E-state index contributed by atoms with van der Waals surface area (Å²) < 4.78 is 17.1. The van der Waals surface area contributed by atoms with Gasteiger partial charge in [0.15, 0.2) is 16.6 Å². The molecule has 7 heteroatoms. The molecule has 0 atom stereocenters. The van der Waals surface area contributed by atoms with Gasteiger partial charge < -0.3 is 14.2 Å². The van der Waals surface area contributed by atoms with Crippen molar-refractivity contribution in [1.29, 1.82) is 0 Å². The number of ether oxygens (including phenoxy) is 3. The Morgan fingerprint density at radius 1 is 1.03 bits per heavy atom. The van der Waals surface area contributed by atoms with Crippen molar-refractivity contribution in [2.24, 2.45) is 0 Å². The summed E-state index contributed by atoms with van der Waals surface area (Å²) in [5.41, 5.74) is 2.75. The molecule has 1 aliphatic heterocycles. The number of fused-ring (bicyclic) bond motifs is 2. The highest BCUT2D eigenvalue weighted by Gasteiger charge is 2.22. The fourth-order valence-corrected chi connectivity index (χ4v) is 4.50. The first-order valence-corrected chi connectivity index (χ1v) is 10.7. The second kappa shape index (κ2) is 8.28. The van der Waals surface area contributed by atoms with Crippen molar-refractivity contribution < 1.29 is 19.0 Å². The van der Waals surface area contributed by atoms with Crippen LogP contribution < -0.4 is 19.1 Å². The number of thiazole rings is 1. The van der Waals surface area contributed by atoms with Crippen molar-refractivity contribution in [1.82, 2.24) is 4.98 Å². The number of benzene rings is 3. The fraction of sp³-hybridized carbons (Fsp3) is 0.167. The second-order valence-corrected chi connectivity index (χ2v) is 8.17. The van der Waals surface area contributed by atoms with Crippen LogP contribution in [0.3, 0.4) is 0 Å². The number of carbonyl (C=O) groups is 1. The van der Waals surface area contributed by atoms with Gasteiger partial charge in [0.25, 0.3) is 0 Å². The standard InChI is InChI=1S/C24H20N2O4S/c1-28-18-8-9-19-22(13-18)31-24(25-19)26(14-16-5-3-2-4-6-16)23(27)12-17-7-10-20-21(11-17)30-15-29-20/h2-11,13H,12,14-15H2,1H3. The molecule has 31 heavy (non-hydrogen) atoms. The zero-order valence-electron chi connectivity index (χ0n) is 16.9. The lowest BCUT2D eigenvalue weighted by Crippen LogP contribution is -2.31. The highest BCUT2D eigenvalue weighted by molar-refractivity contribution is 7.22. The van der Waals surface area contributed by atoms with Gasteiger partial charge in [-0.15, -0.1) is 0 Å². The van der Waals surface area contributed by atoms with Crippen LogP contribution in [0.1, 0.15) is 11.1 Å². The minimum absolute atomic E-state index is 0.0336. The van der Waals surface area contributed by atoms with Crippen molar-refractivity contribution in [3.8, 4) is 17.2 Å². The van der Waals surface area contributed by atoms with E-state index in [0.29, 0.717) is 23.2 Å². The van der Waals surface area contributed by atoms with Crippen LogP contribution in [0.25, 0.3) is 10.2 Å². The molecule has 0 N–H and O–H groups in total. The van der Waals surface area contributed by atoms with Crippen molar-refractivity contribution >= 4 is 32.6 Å². The summed E-state index contributed by atoms with van der Waals surface area (Å²) in [6, 6.07) is 21.3. The average Bonchev–Trinajstić information content (AvgIpc) is 3.43. The number of hydrogen-bond donors (Lipinski definition) is 0. The van der Waals surface area contributed by atoms with Crippen LogP contribution in [0.5, 0.6) is 17.2 Å². The highest BCUT2D eigenvalue weighted by Crippen LogP contribution is 2.34. The van der Waals surface area contributed by atoms with E-state index in [-0.39, 0.29) is 19.1 Å². The first kappa shape index (κ1) is 19.4. The molecule has 0 fully saturated rings.